The molecule has 2 aliphatic heterocycles. The quantitative estimate of drug-likeness (QED) is 0.499. The lowest BCUT2D eigenvalue weighted by Crippen LogP contribution is -2.40. The Labute approximate surface area is 217 Å². The van der Waals surface area contributed by atoms with Crippen molar-refractivity contribution in [1.82, 2.24) is 19.3 Å². The molecule has 2 aliphatic rings. The van der Waals surface area contributed by atoms with Crippen molar-refractivity contribution in [2.45, 2.75) is 51.0 Å². The summed E-state index contributed by atoms with van der Waals surface area (Å²) in [5.41, 5.74) is 3.21. The number of anilines is 1. The molecule has 3 heterocycles. The Kier molecular flexibility index (Phi) is 7.41. The molecule has 1 amide bonds. The average Bonchev–Trinajstić information content (AvgIpc) is 3.59. The predicted molar refractivity (Wildman–Crippen MR) is 140 cm³/mol. The molecule has 1 N–H and O–H groups in total. The zero-order chi connectivity index (χ0) is 26.0. The molecule has 0 saturated carbocycles. The first kappa shape index (κ1) is 25.6. The third-order valence-electron chi connectivity index (χ3n) is 7.23. The zero-order valence-electron chi connectivity index (χ0n) is 21.3. The van der Waals surface area contributed by atoms with Crippen molar-refractivity contribution in [3.05, 3.63) is 59.5 Å². The molecule has 1 unspecified atom stereocenters. The van der Waals surface area contributed by atoms with Gasteiger partial charge >= 0.3 is 0 Å². The number of amides is 1. The largest absolute Gasteiger partial charge is 0.338 e. The molecule has 0 aliphatic carbocycles. The number of piperidine rings is 1. The first-order valence-electron chi connectivity index (χ1n) is 12.8. The average molecular weight is 524 g/mol. The summed E-state index contributed by atoms with van der Waals surface area (Å²) in [5, 5.41) is 7.10. The highest BCUT2D eigenvalue weighted by Crippen LogP contribution is 2.28. The molecule has 2 saturated heterocycles. The molecule has 2 fully saturated rings. The molecular weight excluding hydrogens is 490 g/mol. The van der Waals surface area contributed by atoms with E-state index in [1.807, 2.05) is 31.2 Å². The minimum Gasteiger partial charge on any atom is -0.338 e. The maximum absolute atomic E-state index is 13.1. The Morgan fingerprint density at radius 3 is 2.62 bits per heavy atom. The summed E-state index contributed by atoms with van der Waals surface area (Å²) in [6, 6.07) is 13.0. The summed E-state index contributed by atoms with van der Waals surface area (Å²) in [7, 11) is -3.57. The molecule has 0 radical (unpaired) electrons. The summed E-state index contributed by atoms with van der Waals surface area (Å²) in [4.78, 5) is 20.1. The van der Waals surface area contributed by atoms with E-state index in [-0.39, 0.29) is 16.7 Å². The van der Waals surface area contributed by atoms with E-state index >= 15 is 0 Å². The first-order valence-corrected chi connectivity index (χ1v) is 14.3. The lowest BCUT2D eigenvalue weighted by atomic mass is 9.97. The van der Waals surface area contributed by atoms with Gasteiger partial charge < -0.3 is 9.84 Å². The topological polar surface area (TPSA) is 109 Å². The van der Waals surface area contributed by atoms with Gasteiger partial charge in [-0.1, -0.05) is 35.5 Å². The smallest absolute Gasteiger partial charge is 0.243 e. The molecular formula is C27H33N5O4S. The van der Waals surface area contributed by atoms with Gasteiger partial charge in [0.25, 0.3) is 0 Å². The highest BCUT2D eigenvalue weighted by atomic mass is 32.2. The van der Waals surface area contributed by atoms with E-state index in [1.165, 1.54) is 4.31 Å². The number of nitrogens with one attached hydrogen (secondary N) is 1. The Hall–Kier alpha value is -3.08. The van der Waals surface area contributed by atoms with Gasteiger partial charge in [-0.3, -0.25) is 9.69 Å². The molecule has 2 aromatic carbocycles. The van der Waals surface area contributed by atoms with Gasteiger partial charge in [-0.25, -0.2) is 8.42 Å². The van der Waals surface area contributed by atoms with Crippen LogP contribution in [0.4, 0.5) is 5.69 Å². The van der Waals surface area contributed by atoms with Crippen LogP contribution in [0.1, 0.15) is 42.7 Å². The maximum atomic E-state index is 13.1. The maximum Gasteiger partial charge on any atom is 0.243 e. The number of aryl methyl sites for hydroxylation is 2. The van der Waals surface area contributed by atoms with E-state index in [1.54, 1.807) is 25.1 Å². The van der Waals surface area contributed by atoms with Crippen LogP contribution in [0.3, 0.4) is 0 Å². The van der Waals surface area contributed by atoms with Gasteiger partial charge in [0.15, 0.2) is 0 Å². The number of aromatic nitrogens is 2. The number of rotatable bonds is 7. The lowest BCUT2D eigenvalue weighted by Gasteiger charge is -2.31. The van der Waals surface area contributed by atoms with Crippen molar-refractivity contribution in [3.8, 4) is 11.4 Å². The van der Waals surface area contributed by atoms with Crippen LogP contribution in [0.25, 0.3) is 11.4 Å². The molecule has 196 valence electrons. The van der Waals surface area contributed by atoms with E-state index in [0.717, 1.165) is 43.4 Å². The van der Waals surface area contributed by atoms with Crippen LogP contribution in [0.2, 0.25) is 0 Å². The molecule has 5 rings (SSSR count). The number of sulfonamides is 1. The van der Waals surface area contributed by atoms with E-state index in [0.29, 0.717) is 49.1 Å². The summed E-state index contributed by atoms with van der Waals surface area (Å²) >= 11 is 0. The SMILES string of the molecule is Cc1ccccc1-c1noc(CN2CCCC(C(=O)Nc3ccc(C)c(S(=O)(=O)N4CCCC4)c3)C2)n1. The molecule has 10 heteroatoms. The fourth-order valence-electron chi connectivity index (χ4n) is 5.12. The van der Waals surface area contributed by atoms with E-state index in [2.05, 4.69) is 20.4 Å². The monoisotopic (exact) mass is 523 g/mol. The van der Waals surface area contributed by atoms with Crippen LogP contribution >= 0.6 is 0 Å². The Morgan fingerprint density at radius 2 is 1.84 bits per heavy atom. The molecule has 1 aromatic heterocycles. The van der Waals surface area contributed by atoms with Gasteiger partial charge in [0.2, 0.25) is 27.6 Å². The van der Waals surface area contributed by atoms with Crippen molar-refractivity contribution in [2.24, 2.45) is 5.92 Å². The van der Waals surface area contributed by atoms with Crippen molar-refractivity contribution in [2.75, 3.05) is 31.5 Å². The Morgan fingerprint density at radius 1 is 1.05 bits per heavy atom. The first-order chi connectivity index (χ1) is 17.8. The normalized spacial score (nSPS) is 19.2. The molecule has 1 atom stereocenters. The second-order valence-corrected chi connectivity index (χ2v) is 11.9. The van der Waals surface area contributed by atoms with E-state index in [9.17, 15) is 13.2 Å². The third kappa shape index (κ3) is 5.61. The Bertz CT molecular complexity index is 1380. The van der Waals surface area contributed by atoms with Crippen molar-refractivity contribution >= 4 is 21.6 Å². The Balaban J connectivity index is 1.23. The van der Waals surface area contributed by atoms with Gasteiger partial charge in [-0.15, -0.1) is 0 Å². The fraction of sp³-hybridized carbons (Fsp3) is 0.444. The fourth-order valence-corrected chi connectivity index (χ4v) is 6.89. The van der Waals surface area contributed by atoms with Gasteiger partial charge in [-0.05, 0) is 69.3 Å². The van der Waals surface area contributed by atoms with Gasteiger partial charge in [0.05, 0.1) is 17.4 Å². The van der Waals surface area contributed by atoms with Crippen LogP contribution < -0.4 is 5.32 Å². The van der Waals surface area contributed by atoms with Gasteiger partial charge in [0.1, 0.15) is 0 Å². The van der Waals surface area contributed by atoms with Crippen LogP contribution in [-0.4, -0.2) is 59.8 Å². The predicted octanol–water partition coefficient (Wildman–Crippen LogP) is 3.99. The van der Waals surface area contributed by atoms with E-state index in [4.69, 9.17) is 4.52 Å². The number of carbonyl (C=O) groups excluding carboxylic acids is 1. The van der Waals surface area contributed by atoms with Crippen molar-refractivity contribution < 1.29 is 17.7 Å². The minimum atomic E-state index is -3.57. The summed E-state index contributed by atoms with van der Waals surface area (Å²) in [6.45, 7) is 6.78. The van der Waals surface area contributed by atoms with Crippen molar-refractivity contribution in [1.29, 1.82) is 0 Å². The number of hydrogen-bond donors (Lipinski definition) is 1. The van der Waals surface area contributed by atoms with Gasteiger partial charge in [-0.2, -0.15) is 9.29 Å². The summed E-state index contributed by atoms with van der Waals surface area (Å²) in [5.74, 6) is 0.768. The second kappa shape index (κ2) is 10.7. The standard InChI is InChI=1S/C27H33N5O4S/c1-19-8-3-4-10-23(19)26-29-25(36-30-26)18-31-13-7-9-21(17-31)27(33)28-22-12-11-20(2)24(16-22)37(34,35)32-14-5-6-15-32/h3-4,8,10-12,16,21H,5-7,9,13-15,17-18H2,1-2H3,(H,28,33). The minimum absolute atomic E-state index is 0.107. The molecule has 37 heavy (non-hydrogen) atoms. The van der Waals surface area contributed by atoms with Crippen LogP contribution in [0.5, 0.6) is 0 Å². The highest BCUT2D eigenvalue weighted by Gasteiger charge is 2.30. The molecule has 0 spiro atoms. The number of benzene rings is 2. The highest BCUT2D eigenvalue weighted by molar-refractivity contribution is 7.89. The van der Waals surface area contributed by atoms with Gasteiger partial charge in [0, 0.05) is 30.9 Å². The second-order valence-electron chi connectivity index (χ2n) is 9.98. The number of carbonyl (C=O) groups is 1. The third-order valence-corrected chi connectivity index (χ3v) is 9.27. The number of likely N-dealkylation sites (tertiary alicyclic amines) is 1. The van der Waals surface area contributed by atoms with Crippen LogP contribution in [-0.2, 0) is 21.4 Å². The molecule has 3 aromatic rings. The number of hydrogen-bond acceptors (Lipinski definition) is 7. The van der Waals surface area contributed by atoms with E-state index < -0.39 is 10.0 Å². The number of nitrogens with zero attached hydrogens (tertiary/aromatic N) is 4. The summed E-state index contributed by atoms with van der Waals surface area (Å²) in [6.07, 6.45) is 3.40. The molecule has 9 nitrogen and oxygen atoms in total. The lowest BCUT2D eigenvalue weighted by molar-refractivity contribution is -0.121. The summed E-state index contributed by atoms with van der Waals surface area (Å²) < 4.78 is 33.3. The molecule has 0 bridgehead atoms. The van der Waals surface area contributed by atoms with Crippen molar-refractivity contribution in [3.63, 3.8) is 0 Å². The van der Waals surface area contributed by atoms with Crippen LogP contribution in [0.15, 0.2) is 51.9 Å². The zero-order valence-corrected chi connectivity index (χ0v) is 22.1. The van der Waals surface area contributed by atoms with Crippen LogP contribution in [0, 0.1) is 19.8 Å².